The zero-order valence-electron chi connectivity index (χ0n) is 16.6. The van der Waals surface area contributed by atoms with Gasteiger partial charge in [0, 0.05) is 20.2 Å². The van der Waals surface area contributed by atoms with Gasteiger partial charge in [-0.25, -0.2) is 9.48 Å². The quantitative estimate of drug-likeness (QED) is 0.557. The van der Waals surface area contributed by atoms with Gasteiger partial charge in [-0.15, -0.1) is 0 Å². The minimum absolute atomic E-state index is 0.123. The summed E-state index contributed by atoms with van der Waals surface area (Å²) in [4.78, 5) is 26.1. The van der Waals surface area contributed by atoms with Crippen molar-refractivity contribution in [1.82, 2.24) is 14.7 Å². The highest BCUT2D eigenvalue weighted by molar-refractivity contribution is 9.10. The van der Waals surface area contributed by atoms with Crippen LogP contribution in [0.1, 0.15) is 43.6 Å². The van der Waals surface area contributed by atoms with Crippen molar-refractivity contribution in [2.24, 2.45) is 5.73 Å². The number of nitrogens with zero attached hydrogens (tertiary/aromatic N) is 3. The summed E-state index contributed by atoms with van der Waals surface area (Å²) in [6.45, 7) is 6.22. The van der Waals surface area contributed by atoms with E-state index in [4.69, 9.17) is 20.3 Å². The van der Waals surface area contributed by atoms with Gasteiger partial charge in [0.05, 0.1) is 25.3 Å². The van der Waals surface area contributed by atoms with Crippen molar-refractivity contribution in [3.8, 4) is 0 Å². The van der Waals surface area contributed by atoms with Crippen LogP contribution in [0.15, 0.2) is 4.60 Å². The number of nitrogens with two attached hydrogens (primary N) is 1. The molecule has 0 spiro atoms. The number of nitrogens with one attached hydrogen (secondary N) is 1. The predicted octanol–water partition coefficient (Wildman–Crippen LogP) is 1.35. The van der Waals surface area contributed by atoms with Gasteiger partial charge in [-0.1, -0.05) is 0 Å². The molecule has 1 aliphatic heterocycles. The van der Waals surface area contributed by atoms with Crippen LogP contribution in [-0.4, -0.2) is 76.8 Å². The van der Waals surface area contributed by atoms with E-state index in [0.29, 0.717) is 30.0 Å². The van der Waals surface area contributed by atoms with Crippen molar-refractivity contribution in [3.63, 3.8) is 0 Å². The summed E-state index contributed by atoms with van der Waals surface area (Å²) < 4.78 is 12.7. The van der Waals surface area contributed by atoms with E-state index in [0.717, 1.165) is 0 Å². The molecule has 1 aromatic rings. The maximum Gasteiger partial charge on any atom is 0.410 e. The van der Waals surface area contributed by atoms with E-state index in [9.17, 15) is 9.59 Å². The van der Waals surface area contributed by atoms with E-state index >= 15 is 0 Å². The minimum Gasteiger partial charge on any atom is -0.444 e. The molecule has 0 aromatic carbocycles. The number of hydrogen-bond acceptors (Lipinski definition) is 7. The smallest absolute Gasteiger partial charge is 0.410 e. The molecule has 2 rings (SSSR count). The molecule has 0 unspecified atom stereocenters. The molecule has 2 atom stereocenters. The van der Waals surface area contributed by atoms with Crippen LogP contribution in [0.5, 0.6) is 0 Å². The molecule has 1 fully saturated rings. The molecule has 10 nitrogen and oxygen atoms in total. The van der Waals surface area contributed by atoms with Crippen molar-refractivity contribution in [2.75, 3.05) is 38.7 Å². The maximum atomic E-state index is 12.6. The van der Waals surface area contributed by atoms with Gasteiger partial charge in [0.2, 0.25) is 0 Å². The van der Waals surface area contributed by atoms with Crippen LogP contribution in [-0.2, 0) is 9.47 Å². The Labute approximate surface area is 172 Å². The molecule has 2 heterocycles. The number of amides is 2. The predicted molar refractivity (Wildman–Crippen MR) is 106 cm³/mol. The molecule has 28 heavy (non-hydrogen) atoms. The first-order valence-electron chi connectivity index (χ1n) is 9.00. The number of methoxy groups -OCH3 is 1. The second-order valence-corrected chi connectivity index (χ2v) is 8.36. The van der Waals surface area contributed by atoms with Crippen molar-refractivity contribution in [3.05, 3.63) is 10.2 Å². The standard InChI is InChI=1S/C17H28BrN5O5/c1-17(2,3)28-16(26)22-8-10(7-11(22)9-27-4)23-15(20-5-6-24)12(14(19)25)13(18)21-23/h10-11,20,24H,5-9H2,1-4H3,(H2,19,25)/t10-,11+/m0/s1. The summed E-state index contributed by atoms with van der Waals surface area (Å²) in [6, 6.07) is -0.422. The number of primary amides is 1. The lowest BCUT2D eigenvalue weighted by molar-refractivity contribution is 0.0145. The molecule has 2 amide bonds. The number of ether oxygens (including phenoxy) is 2. The van der Waals surface area contributed by atoms with Crippen molar-refractivity contribution in [1.29, 1.82) is 0 Å². The fourth-order valence-electron chi connectivity index (χ4n) is 3.20. The number of aliphatic hydroxyl groups excluding tert-OH is 1. The summed E-state index contributed by atoms with van der Waals surface area (Å²) in [6.07, 6.45) is 0.135. The van der Waals surface area contributed by atoms with Crippen LogP contribution in [0.25, 0.3) is 0 Å². The van der Waals surface area contributed by atoms with Crippen LogP contribution in [0.3, 0.4) is 0 Å². The molecule has 0 bridgehead atoms. The van der Waals surface area contributed by atoms with E-state index in [1.54, 1.807) is 16.7 Å². The number of carbonyl (C=O) groups is 2. The summed E-state index contributed by atoms with van der Waals surface area (Å²) in [7, 11) is 1.57. The molecular weight excluding hydrogens is 434 g/mol. The SMILES string of the molecule is COC[C@H]1C[C@H](n2nc(Br)c(C(N)=O)c2NCCO)CN1C(=O)OC(C)(C)C. The Kier molecular flexibility index (Phi) is 7.29. The largest absolute Gasteiger partial charge is 0.444 e. The molecule has 0 radical (unpaired) electrons. The number of halogens is 1. The molecule has 0 aliphatic carbocycles. The van der Waals surface area contributed by atoms with Crippen molar-refractivity contribution >= 4 is 33.7 Å². The summed E-state index contributed by atoms with van der Waals surface area (Å²) in [5.74, 6) is -0.241. The fourth-order valence-corrected chi connectivity index (χ4v) is 3.75. The van der Waals surface area contributed by atoms with E-state index < -0.39 is 17.6 Å². The van der Waals surface area contributed by atoms with E-state index in [1.807, 2.05) is 20.8 Å². The average Bonchev–Trinajstić information content (AvgIpc) is 3.12. The van der Waals surface area contributed by atoms with Gasteiger partial charge in [-0.2, -0.15) is 5.10 Å². The molecule has 158 valence electrons. The van der Waals surface area contributed by atoms with Crippen LogP contribution < -0.4 is 11.1 Å². The molecule has 1 saturated heterocycles. The van der Waals surface area contributed by atoms with Crippen LogP contribution in [0, 0.1) is 0 Å². The Balaban J connectivity index is 2.33. The van der Waals surface area contributed by atoms with Gasteiger partial charge in [-0.05, 0) is 43.1 Å². The highest BCUT2D eigenvalue weighted by atomic mass is 79.9. The zero-order chi connectivity index (χ0) is 21.1. The third-order valence-corrected chi connectivity index (χ3v) is 4.80. The van der Waals surface area contributed by atoms with E-state index in [-0.39, 0.29) is 30.8 Å². The second-order valence-electron chi connectivity index (χ2n) is 7.61. The lowest BCUT2D eigenvalue weighted by atomic mass is 10.2. The highest BCUT2D eigenvalue weighted by Gasteiger charge is 2.40. The van der Waals surface area contributed by atoms with Gasteiger partial charge in [0.15, 0.2) is 0 Å². The number of anilines is 1. The van der Waals surface area contributed by atoms with E-state index in [2.05, 4.69) is 26.3 Å². The summed E-state index contributed by atoms with van der Waals surface area (Å²) in [5, 5.41) is 16.5. The number of carbonyl (C=O) groups excluding carboxylic acids is 2. The van der Waals surface area contributed by atoms with Crippen LogP contribution >= 0.6 is 15.9 Å². The molecule has 0 saturated carbocycles. The Morgan fingerprint density at radius 3 is 2.64 bits per heavy atom. The maximum absolute atomic E-state index is 12.6. The van der Waals surface area contributed by atoms with Crippen molar-refractivity contribution < 1.29 is 24.2 Å². The Morgan fingerprint density at radius 2 is 2.11 bits per heavy atom. The normalized spacial score (nSPS) is 19.7. The Morgan fingerprint density at radius 1 is 1.43 bits per heavy atom. The van der Waals surface area contributed by atoms with Gasteiger partial charge in [0.1, 0.15) is 21.6 Å². The second kappa shape index (κ2) is 9.10. The van der Waals surface area contributed by atoms with Gasteiger partial charge in [0.25, 0.3) is 5.91 Å². The average molecular weight is 462 g/mol. The number of likely N-dealkylation sites (tertiary alicyclic amines) is 1. The molecule has 1 aliphatic rings. The molecule has 1 aromatic heterocycles. The fraction of sp³-hybridized carbons (Fsp3) is 0.706. The van der Waals surface area contributed by atoms with Crippen LogP contribution in [0.4, 0.5) is 10.6 Å². The number of aromatic nitrogens is 2. The molecule has 11 heteroatoms. The lowest BCUT2D eigenvalue weighted by Crippen LogP contribution is -2.41. The molecule has 4 N–H and O–H groups in total. The number of rotatable bonds is 7. The third-order valence-electron chi connectivity index (χ3n) is 4.24. The van der Waals surface area contributed by atoms with Gasteiger partial charge >= 0.3 is 6.09 Å². The Hall–Kier alpha value is -1.85. The topological polar surface area (TPSA) is 132 Å². The number of hydrogen-bond donors (Lipinski definition) is 3. The first-order chi connectivity index (χ1) is 13.1. The summed E-state index contributed by atoms with van der Waals surface area (Å²) in [5.41, 5.74) is 5.07. The highest BCUT2D eigenvalue weighted by Crippen LogP contribution is 2.34. The van der Waals surface area contributed by atoms with E-state index in [1.165, 1.54) is 0 Å². The minimum atomic E-state index is -0.644. The van der Waals surface area contributed by atoms with Crippen LogP contribution in [0.2, 0.25) is 0 Å². The van der Waals surface area contributed by atoms with Crippen molar-refractivity contribution in [2.45, 2.75) is 44.9 Å². The monoisotopic (exact) mass is 461 g/mol. The summed E-state index contributed by atoms with van der Waals surface area (Å²) >= 11 is 3.27. The molecular formula is C17H28BrN5O5. The van der Waals surface area contributed by atoms with Gasteiger partial charge in [-0.3, -0.25) is 4.79 Å². The zero-order valence-corrected chi connectivity index (χ0v) is 18.2. The van der Waals surface area contributed by atoms with Gasteiger partial charge < -0.3 is 30.5 Å². The lowest BCUT2D eigenvalue weighted by Gasteiger charge is -2.28. The first kappa shape index (κ1) is 22.4. The third kappa shape index (κ3) is 5.15. The number of aliphatic hydroxyl groups is 1. The Bertz CT molecular complexity index is 718. The first-order valence-corrected chi connectivity index (χ1v) is 9.79.